The van der Waals surface area contributed by atoms with E-state index in [2.05, 4.69) is 59.6 Å². The van der Waals surface area contributed by atoms with Crippen LogP contribution in [0.3, 0.4) is 0 Å². The molecule has 0 aliphatic carbocycles. The van der Waals surface area contributed by atoms with Crippen LogP contribution in [-0.4, -0.2) is 36.6 Å². The van der Waals surface area contributed by atoms with Gasteiger partial charge >= 0.3 is 0 Å². The molecule has 0 amide bonds. The Labute approximate surface area is 127 Å². The first-order valence-electron chi connectivity index (χ1n) is 8.06. The van der Waals surface area contributed by atoms with E-state index < -0.39 is 0 Å². The molecular weight excluding hydrogens is 258 g/mol. The van der Waals surface area contributed by atoms with Crippen molar-refractivity contribution in [3.63, 3.8) is 0 Å². The van der Waals surface area contributed by atoms with Gasteiger partial charge < -0.3 is 5.32 Å². The van der Waals surface area contributed by atoms with Crippen molar-refractivity contribution in [3.05, 3.63) is 42.2 Å². The Morgan fingerprint density at radius 2 is 2.14 bits per heavy atom. The predicted octanol–water partition coefficient (Wildman–Crippen LogP) is 3.23. The molecule has 2 unspecified atom stereocenters. The highest BCUT2D eigenvalue weighted by atomic mass is 15.2. The second-order valence-electron chi connectivity index (χ2n) is 6.04. The van der Waals surface area contributed by atoms with Gasteiger partial charge in [0.05, 0.1) is 0 Å². The van der Waals surface area contributed by atoms with Gasteiger partial charge in [0.25, 0.3) is 0 Å². The van der Waals surface area contributed by atoms with Gasteiger partial charge in [-0.3, -0.25) is 9.88 Å². The Balaban J connectivity index is 2.03. The highest BCUT2D eigenvalue weighted by molar-refractivity contribution is 5.85. The van der Waals surface area contributed by atoms with E-state index in [-0.39, 0.29) is 0 Å². The van der Waals surface area contributed by atoms with E-state index in [9.17, 15) is 0 Å². The van der Waals surface area contributed by atoms with Gasteiger partial charge in [-0.15, -0.1) is 0 Å². The van der Waals surface area contributed by atoms with Crippen LogP contribution in [0.5, 0.6) is 0 Å². The molecule has 1 N–H and O–H groups in total. The summed E-state index contributed by atoms with van der Waals surface area (Å²) in [5, 5.41) is 5.99. The van der Waals surface area contributed by atoms with Crippen LogP contribution in [-0.2, 0) is 0 Å². The van der Waals surface area contributed by atoms with Gasteiger partial charge in [0.15, 0.2) is 0 Å². The minimum atomic E-state index is 0.496. The molecule has 2 aromatic rings. The maximum atomic E-state index is 4.50. The molecular formula is C18H25N3. The van der Waals surface area contributed by atoms with Crippen LogP contribution in [0.4, 0.5) is 0 Å². The molecule has 2 atom stereocenters. The molecule has 0 bridgehead atoms. The largest absolute Gasteiger partial charge is 0.319 e. The maximum absolute atomic E-state index is 4.50. The van der Waals surface area contributed by atoms with Gasteiger partial charge in [-0.05, 0) is 56.4 Å². The van der Waals surface area contributed by atoms with Crippen molar-refractivity contribution in [3.8, 4) is 0 Å². The number of fused-ring (bicyclic) bond motifs is 1. The summed E-state index contributed by atoms with van der Waals surface area (Å²) in [6.07, 6.45) is 6.55. The van der Waals surface area contributed by atoms with Crippen LogP contribution in [0, 0.1) is 5.92 Å². The summed E-state index contributed by atoms with van der Waals surface area (Å²) in [6, 6.07) is 9.13. The highest BCUT2D eigenvalue weighted by Gasteiger charge is 2.35. The molecule has 1 aromatic heterocycles. The number of nitrogens with one attached hydrogen (secondary N) is 1. The molecule has 1 aliphatic rings. The normalized spacial score (nSPS) is 23.0. The Morgan fingerprint density at radius 3 is 2.95 bits per heavy atom. The molecule has 1 aliphatic heterocycles. The molecule has 3 nitrogen and oxygen atoms in total. The third kappa shape index (κ3) is 2.81. The summed E-state index contributed by atoms with van der Waals surface area (Å²) in [6.45, 7) is 5.72. The number of pyridine rings is 1. The van der Waals surface area contributed by atoms with Gasteiger partial charge in [0.2, 0.25) is 0 Å². The number of benzene rings is 1. The summed E-state index contributed by atoms with van der Waals surface area (Å²) >= 11 is 0. The van der Waals surface area contributed by atoms with E-state index in [1.54, 1.807) is 0 Å². The zero-order chi connectivity index (χ0) is 14.7. The third-order valence-electron chi connectivity index (χ3n) is 4.62. The molecule has 1 fully saturated rings. The highest BCUT2D eigenvalue weighted by Crippen LogP contribution is 2.39. The topological polar surface area (TPSA) is 28.2 Å². The lowest BCUT2D eigenvalue weighted by Crippen LogP contribution is -2.30. The molecule has 1 aromatic carbocycles. The second kappa shape index (κ2) is 6.54. The van der Waals surface area contributed by atoms with Gasteiger partial charge in [0, 0.05) is 23.8 Å². The van der Waals surface area contributed by atoms with Gasteiger partial charge in [-0.1, -0.05) is 31.2 Å². The first-order chi connectivity index (χ1) is 10.3. The van der Waals surface area contributed by atoms with Crippen LogP contribution in [0.25, 0.3) is 10.8 Å². The van der Waals surface area contributed by atoms with Crippen molar-refractivity contribution in [1.82, 2.24) is 15.2 Å². The average Bonchev–Trinajstić information content (AvgIpc) is 2.90. The summed E-state index contributed by atoms with van der Waals surface area (Å²) in [5.41, 5.74) is 1.40. The minimum absolute atomic E-state index is 0.496. The lowest BCUT2D eigenvalue weighted by Gasteiger charge is -2.29. The van der Waals surface area contributed by atoms with Crippen LogP contribution < -0.4 is 5.32 Å². The summed E-state index contributed by atoms with van der Waals surface area (Å²) < 4.78 is 0. The maximum Gasteiger partial charge on any atom is 0.0410 e. The van der Waals surface area contributed by atoms with E-state index in [0.717, 1.165) is 6.54 Å². The van der Waals surface area contributed by atoms with Gasteiger partial charge in [0.1, 0.15) is 0 Å². The lowest BCUT2D eigenvalue weighted by atomic mass is 9.91. The number of likely N-dealkylation sites (tertiary alicyclic amines) is 1. The molecule has 21 heavy (non-hydrogen) atoms. The summed E-state index contributed by atoms with van der Waals surface area (Å²) in [7, 11) is 2.06. The number of aromatic nitrogens is 1. The number of hydrogen-bond donors (Lipinski definition) is 1. The Bertz CT molecular complexity index is 577. The standard InChI is InChI=1S/C18H25N3/c1-3-9-21-10-8-15(11-19-2)18(21)17-13-20-12-14-6-4-5-7-16(14)17/h4-7,12-13,15,18-19H,3,8-11H2,1-2H3. The average molecular weight is 283 g/mol. The first-order valence-corrected chi connectivity index (χ1v) is 8.06. The van der Waals surface area contributed by atoms with Crippen LogP contribution in [0.15, 0.2) is 36.7 Å². The molecule has 0 spiro atoms. The van der Waals surface area contributed by atoms with Crippen molar-refractivity contribution < 1.29 is 0 Å². The molecule has 3 heteroatoms. The fourth-order valence-corrected chi connectivity index (χ4v) is 3.77. The molecule has 0 radical (unpaired) electrons. The van der Waals surface area contributed by atoms with Gasteiger partial charge in [-0.2, -0.15) is 0 Å². The van der Waals surface area contributed by atoms with Gasteiger partial charge in [-0.25, -0.2) is 0 Å². The SMILES string of the molecule is CCCN1CCC(CNC)C1c1cncc2ccccc12. The number of rotatable bonds is 5. The van der Waals surface area contributed by atoms with Crippen molar-refractivity contribution in [1.29, 1.82) is 0 Å². The zero-order valence-corrected chi connectivity index (χ0v) is 13.0. The molecule has 3 rings (SSSR count). The fraction of sp³-hybridized carbons (Fsp3) is 0.500. The molecule has 112 valence electrons. The second-order valence-corrected chi connectivity index (χ2v) is 6.04. The minimum Gasteiger partial charge on any atom is -0.319 e. The van der Waals surface area contributed by atoms with Crippen molar-refractivity contribution in [2.75, 3.05) is 26.7 Å². The smallest absolute Gasteiger partial charge is 0.0410 e. The van der Waals surface area contributed by atoms with Crippen molar-refractivity contribution in [2.24, 2.45) is 5.92 Å². The monoisotopic (exact) mass is 283 g/mol. The summed E-state index contributed by atoms with van der Waals surface area (Å²) in [5.74, 6) is 0.675. The van der Waals surface area contributed by atoms with E-state index in [1.165, 1.54) is 42.3 Å². The number of hydrogen-bond acceptors (Lipinski definition) is 3. The molecule has 1 saturated heterocycles. The van der Waals surface area contributed by atoms with E-state index in [0.29, 0.717) is 12.0 Å². The fourth-order valence-electron chi connectivity index (χ4n) is 3.77. The zero-order valence-electron chi connectivity index (χ0n) is 13.0. The lowest BCUT2D eigenvalue weighted by molar-refractivity contribution is 0.228. The number of nitrogens with zero attached hydrogens (tertiary/aromatic N) is 2. The van der Waals surface area contributed by atoms with Crippen LogP contribution >= 0.6 is 0 Å². The predicted molar refractivity (Wildman–Crippen MR) is 88.4 cm³/mol. The Morgan fingerprint density at radius 1 is 1.29 bits per heavy atom. The van der Waals surface area contributed by atoms with Crippen LogP contribution in [0.2, 0.25) is 0 Å². The molecule has 2 heterocycles. The van der Waals surface area contributed by atoms with E-state index in [4.69, 9.17) is 0 Å². The quantitative estimate of drug-likeness (QED) is 0.913. The van der Waals surface area contributed by atoms with E-state index >= 15 is 0 Å². The summed E-state index contributed by atoms with van der Waals surface area (Å²) in [4.78, 5) is 7.14. The van der Waals surface area contributed by atoms with E-state index in [1.807, 2.05) is 6.20 Å². The van der Waals surface area contributed by atoms with Crippen molar-refractivity contribution >= 4 is 10.8 Å². The van der Waals surface area contributed by atoms with Crippen molar-refractivity contribution in [2.45, 2.75) is 25.8 Å². The van der Waals surface area contributed by atoms with Crippen LogP contribution in [0.1, 0.15) is 31.4 Å². The molecule has 0 saturated carbocycles. The Kier molecular flexibility index (Phi) is 4.51. The Hall–Kier alpha value is -1.45. The first kappa shape index (κ1) is 14.5. The third-order valence-corrected chi connectivity index (χ3v) is 4.62.